The zero-order chi connectivity index (χ0) is 7.40. The summed E-state index contributed by atoms with van der Waals surface area (Å²) in [4.78, 5) is 10.1. The summed E-state index contributed by atoms with van der Waals surface area (Å²) in [6.45, 7) is 0. The third-order valence-corrected chi connectivity index (χ3v) is 1.09. The summed E-state index contributed by atoms with van der Waals surface area (Å²) in [6, 6.07) is 8.94. The molecule has 1 aromatic carbocycles. The van der Waals surface area contributed by atoms with E-state index in [9.17, 15) is 4.79 Å². The summed E-state index contributed by atoms with van der Waals surface area (Å²) in [5.74, 6) is -0.911. The minimum absolute atomic E-state index is 0.718. The Morgan fingerprint density at radius 2 is 1.90 bits per heavy atom. The lowest BCUT2D eigenvalue weighted by Gasteiger charge is -1.91. The summed E-state index contributed by atoms with van der Waals surface area (Å²) in [7, 11) is 0. The van der Waals surface area contributed by atoms with Crippen molar-refractivity contribution in [1.29, 1.82) is 0 Å². The van der Waals surface area contributed by atoms with E-state index in [1.165, 1.54) is 6.42 Å². The van der Waals surface area contributed by atoms with E-state index in [4.69, 9.17) is 5.11 Å². The summed E-state index contributed by atoms with van der Waals surface area (Å²) in [5, 5.41) is 8.31. The second kappa shape index (κ2) is 3.01. The maximum atomic E-state index is 10.1. The van der Waals surface area contributed by atoms with Crippen LogP contribution in [0.25, 0.3) is 0 Å². The summed E-state index contributed by atoms with van der Waals surface area (Å²) >= 11 is 0. The van der Waals surface area contributed by atoms with Crippen LogP contribution in [0.15, 0.2) is 30.3 Å². The lowest BCUT2D eigenvalue weighted by molar-refractivity contribution is -0.132. The molecule has 0 fully saturated rings. The molecule has 0 aliphatic carbocycles. The summed E-state index contributed by atoms with van der Waals surface area (Å²) in [5.41, 5.74) is 0.718. The first kappa shape index (κ1) is 6.81. The summed E-state index contributed by atoms with van der Waals surface area (Å²) < 4.78 is 0. The summed E-state index contributed by atoms with van der Waals surface area (Å²) in [6.07, 6.45) is 1.17. The van der Waals surface area contributed by atoms with Gasteiger partial charge in [-0.15, -0.1) is 0 Å². The molecule has 0 saturated heterocycles. The van der Waals surface area contributed by atoms with E-state index in [0.29, 0.717) is 0 Å². The van der Waals surface area contributed by atoms with Crippen LogP contribution in [0, 0.1) is 6.42 Å². The maximum absolute atomic E-state index is 10.1. The fraction of sp³-hybridized carbons (Fsp3) is 0. The number of aliphatic carboxylic acids is 1. The van der Waals surface area contributed by atoms with E-state index in [0.717, 1.165) is 5.56 Å². The Balaban J connectivity index is 2.67. The standard InChI is InChI=1S/C8H7O2/c9-8(10)6-7-4-2-1-3-5-7/h1-6H,(H,9,10). The van der Waals surface area contributed by atoms with Gasteiger partial charge in [-0.1, -0.05) is 30.3 Å². The van der Waals surface area contributed by atoms with Gasteiger partial charge in [-0.25, -0.2) is 0 Å². The van der Waals surface area contributed by atoms with Crippen molar-refractivity contribution in [2.45, 2.75) is 0 Å². The second-order valence-corrected chi connectivity index (χ2v) is 1.89. The van der Waals surface area contributed by atoms with Gasteiger partial charge >= 0.3 is 5.97 Å². The monoisotopic (exact) mass is 135 g/mol. The van der Waals surface area contributed by atoms with Gasteiger partial charge in [0.15, 0.2) is 0 Å². The van der Waals surface area contributed by atoms with E-state index >= 15 is 0 Å². The Hall–Kier alpha value is -1.31. The minimum atomic E-state index is -0.911. The fourth-order valence-corrected chi connectivity index (χ4v) is 0.692. The second-order valence-electron chi connectivity index (χ2n) is 1.89. The molecule has 0 spiro atoms. The zero-order valence-corrected chi connectivity index (χ0v) is 5.32. The number of carboxylic acids is 1. The molecule has 0 amide bonds. The predicted molar refractivity (Wildman–Crippen MR) is 37.5 cm³/mol. The first-order chi connectivity index (χ1) is 4.79. The van der Waals surface area contributed by atoms with Gasteiger partial charge in [-0.05, 0) is 5.56 Å². The molecule has 1 N–H and O–H groups in total. The van der Waals surface area contributed by atoms with Gasteiger partial charge in [0.2, 0.25) is 0 Å². The molecule has 0 unspecified atom stereocenters. The van der Waals surface area contributed by atoms with Gasteiger partial charge in [-0.2, -0.15) is 0 Å². The van der Waals surface area contributed by atoms with E-state index < -0.39 is 5.97 Å². The average Bonchev–Trinajstić information content (AvgIpc) is 1.88. The van der Waals surface area contributed by atoms with E-state index in [1.54, 1.807) is 24.3 Å². The molecule has 0 saturated carbocycles. The maximum Gasteiger partial charge on any atom is 0.312 e. The Labute approximate surface area is 59.1 Å². The molecule has 0 heterocycles. The van der Waals surface area contributed by atoms with Crippen LogP contribution >= 0.6 is 0 Å². The molecular formula is C8H7O2. The Bertz CT molecular complexity index is 216. The molecule has 1 rings (SSSR count). The smallest absolute Gasteiger partial charge is 0.312 e. The van der Waals surface area contributed by atoms with Crippen LogP contribution in [-0.2, 0) is 4.79 Å². The lowest BCUT2D eigenvalue weighted by atomic mass is 10.2. The third kappa shape index (κ3) is 1.90. The zero-order valence-electron chi connectivity index (χ0n) is 5.32. The van der Waals surface area contributed by atoms with Crippen molar-refractivity contribution in [2.24, 2.45) is 0 Å². The number of rotatable bonds is 2. The highest BCUT2D eigenvalue weighted by molar-refractivity contribution is 5.81. The van der Waals surface area contributed by atoms with Crippen LogP contribution in [0.4, 0.5) is 0 Å². The Morgan fingerprint density at radius 1 is 1.30 bits per heavy atom. The highest BCUT2D eigenvalue weighted by Gasteiger charge is 1.97. The van der Waals surface area contributed by atoms with Gasteiger partial charge < -0.3 is 5.11 Å². The SMILES string of the molecule is O=C(O)[CH]c1ccccc1. The molecule has 0 aliphatic rings. The van der Waals surface area contributed by atoms with Crippen molar-refractivity contribution in [3.8, 4) is 0 Å². The van der Waals surface area contributed by atoms with E-state index in [1.807, 2.05) is 6.07 Å². The molecule has 2 nitrogen and oxygen atoms in total. The van der Waals surface area contributed by atoms with Crippen molar-refractivity contribution in [1.82, 2.24) is 0 Å². The molecule has 0 aromatic heterocycles. The molecule has 0 aliphatic heterocycles. The Kier molecular flexibility index (Phi) is 2.05. The molecule has 2 heteroatoms. The van der Waals surface area contributed by atoms with Gasteiger partial charge in [-0.3, -0.25) is 4.79 Å². The average molecular weight is 135 g/mol. The van der Waals surface area contributed by atoms with Crippen molar-refractivity contribution < 1.29 is 9.90 Å². The van der Waals surface area contributed by atoms with Gasteiger partial charge in [0.25, 0.3) is 0 Å². The van der Waals surface area contributed by atoms with Gasteiger partial charge in [0, 0.05) is 0 Å². The van der Waals surface area contributed by atoms with Crippen LogP contribution in [0.2, 0.25) is 0 Å². The highest BCUT2D eigenvalue weighted by Crippen LogP contribution is 2.00. The molecular weight excluding hydrogens is 128 g/mol. The highest BCUT2D eigenvalue weighted by atomic mass is 16.4. The largest absolute Gasteiger partial charge is 0.481 e. The molecule has 0 bridgehead atoms. The molecule has 1 aromatic rings. The van der Waals surface area contributed by atoms with E-state index in [2.05, 4.69) is 0 Å². The number of hydrogen-bond donors (Lipinski definition) is 1. The number of benzene rings is 1. The molecule has 10 heavy (non-hydrogen) atoms. The van der Waals surface area contributed by atoms with Crippen LogP contribution < -0.4 is 0 Å². The molecule has 0 atom stereocenters. The normalized spacial score (nSPS) is 9.20. The third-order valence-electron chi connectivity index (χ3n) is 1.09. The predicted octanol–water partition coefficient (Wildman–Crippen LogP) is 1.32. The number of hydrogen-bond acceptors (Lipinski definition) is 1. The number of carboxylic acid groups (broad SMARTS) is 1. The van der Waals surface area contributed by atoms with Crippen LogP contribution in [0.5, 0.6) is 0 Å². The quantitative estimate of drug-likeness (QED) is 0.664. The fourth-order valence-electron chi connectivity index (χ4n) is 0.692. The van der Waals surface area contributed by atoms with Crippen LogP contribution in [0.1, 0.15) is 5.56 Å². The molecule has 51 valence electrons. The van der Waals surface area contributed by atoms with Crippen molar-refractivity contribution in [3.05, 3.63) is 42.3 Å². The van der Waals surface area contributed by atoms with Crippen LogP contribution in [-0.4, -0.2) is 11.1 Å². The topological polar surface area (TPSA) is 37.3 Å². The van der Waals surface area contributed by atoms with Crippen molar-refractivity contribution >= 4 is 5.97 Å². The van der Waals surface area contributed by atoms with Crippen LogP contribution in [0.3, 0.4) is 0 Å². The lowest BCUT2D eigenvalue weighted by Crippen LogP contribution is -1.95. The van der Waals surface area contributed by atoms with Crippen molar-refractivity contribution in [3.63, 3.8) is 0 Å². The first-order valence-corrected chi connectivity index (χ1v) is 2.92. The van der Waals surface area contributed by atoms with Crippen molar-refractivity contribution in [2.75, 3.05) is 0 Å². The number of carbonyl (C=O) groups is 1. The van der Waals surface area contributed by atoms with Gasteiger partial charge in [0.05, 0.1) is 6.42 Å². The van der Waals surface area contributed by atoms with Gasteiger partial charge in [0.1, 0.15) is 0 Å². The molecule has 1 radical (unpaired) electrons. The first-order valence-electron chi connectivity index (χ1n) is 2.92. The minimum Gasteiger partial charge on any atom is -0.481 e. The Morgan fingerprint density at radius 3 is 2.40 bits per heavy atom. The van der Waals surface area contributed by atoms with E-state index in [-0.39, 0.29) is 0 Å².